The maximum Gasteiger partial charge on any atom is 0.306 e. The van der Waals surface area contributed by atoms with E-state index in [0.29, 0.717) is 6.42 Å². The highest BCUT2D eigenvalue weighted by atomic mass is 16.4. The van der Waals surface area contributed by atoms with Gasteiger partial charge in [0, 0.05) is 13.0 Å². The normalized spacial score (nSPS) is 26.5. The molecule has 6 heteroatoms. The zero-order valence-electron chi connectivity index (χ0n) is 8.63. The predicted octanol–water partition coefficient (Wildman–Crippen LogP) is 0.568. The maximum absolute atomic E-state index is 10.9. The molecule has 1 N–H and O–H groups in total. The van der Waals surface area contributed by atoms with Gasteiger partial charge in [0.1, 0.15) is 0 Å². The van der Waals surface area contributed by atoms with E-state index in [9.17, 15) is 4.79 Å². The summed E-state index contributed by atoms with van der Waals surface area (Å²) in [5.74, 6) is 0.0658. The molecule has 1 fully saturated rings. The van der Waals surface area contributed by atoms with Crippen LogP contribution in [0.3, 0.4) is 0 Å². The van der Waals surface area contributed by atoms with Gasteiger partial charge in [-0.1, -0.05) is 6.42 Å². The van der Waals surface area contributed by atoms with Gasteiger partial charge in [0.25, 0.3) is 0 Å². The number of nitrogens with zero attached hydrogens (tertiary/aromatic N) is 4. The van der Waals surface area contributed by atoms with Crippen LogP contribution in [0.2, 0.25) is 0 Å². The van der Waals surface area contributed by atoms with Gasteiger partial charge >= 0.3 is 5.97 Å². The number of carboxylic acids is 1. The number of hydrogen-bond donors (Lipinski definition) is 1. The van der Waals surface area contributed by atoms with Crippen LogP contribution in [0.1, 0.15) is 37.4 Å². The van der Waals surface area contributed by atoms with E-state index in [2.05, 4.69) is 15.5 Å². The molecule has 1 saturated carbocycles. The van der Waals surface area contributed by atoms with Crippen molar-refractivity contribution in [3.05, 3.63) is 5.82 Å². The fraction of sp³-hybridized carbons (Fsp3) is 0.778. The van der Waals surface area contributed by atoms with Crippen LogP contribution >= 0.6 is 0 Å². The van der Waals surface area contributed by atoms with Gasteiger partial charge in [0.05, 0.1) is 5.92 Å². The number of carbonyl (C=O) groups is 1. The fourth-order valence-corrected chi connectivity index (χ4v) is 2.23. The molecule has 2 rings (SSSR count). The number of tetrazole rings is 1. The molecule has 0 saturated heterocycles. The van der Waals surface area contributed by atoms with Crippen LogP contribution in [0.4, 0.5) is 0 Å². The highest BCUT2D eigenvalue weighted by Crippen LogP contribution is 2.34. The van der Waals surface area contributed by atoms with Crippen molar-refractivity contribution < 1.29 is 9.90 Å². The lowest BCUT2D eigenvalue weighted by atomic mass is 9.81. The van der Waals surface area contributed by atoms with Crippen LogP contribution in [0.15, 0.2) is 0 Å². The third-order valence-corrected chi connectivity index (χ3v) is 3.04. The summed E-state index contributed by atoms with van der Waals surface area (Å²) in [5.41, 5.74) is 0. The number of rotatable bonds is 2. The van der Waals surface area contributed by atoms with Crippen molar-refractivity contribution in [2.75, 3.05) is 0 Å². The van der Waals surface area contributed by atoms with Crippen LogP contribution < -0.4 is 0 Å². The van der Waals surface area contributed by atoms with E-state index in [-0.39, 0.29) is 11.8 Å². The molecule has 1 aromatic rings. The molecule has 1 aliphatic rings. The first-order valence-electron chi connectivity index (χ1n) is 5.13. The maximum atomic E-state index is 10.9. The lowest BCUT2D eigenvalue weighted by Gasteiger charge is -2.25. The molecule has 1 heterocycles. The van der Waals surface area contributed by atoms with E-state index in [0.717, 1.165) is 25.1 Å². The smallest absolute Gasteiger partial charge is 0.306 e. The van der Waals surface area contributed by atoms with Crippen molar-refractivity contribution in [3.8, 4) is 0 Å². The Bertz CT molecular complexity index is 363. The molecule has 1 aromatic heterocycles. The Morgan fingerprint density at radius 3 is 2.93 bits per heavy atom. The van der Waals surface area contributed by atoms with Gasteiger partial charge < -0.3 is 5.11 Å². The third kappa shape index (κ3) is 1.98. The molecular formula is C9H14N4O2. The average Bonchev–Trinajstić information content (AvgIpc) is 2.64. The highest BCUT2D eigenvalue weighted by molar-refractivity contribution is 5.70. The minimum Gasteiger partial charge on any atom is -0.481 e. The van der Waals surface area contributed by atoms with Crippen molar-refractivity contribution in [2.45, 2.75) is 31.6 Å². The molecule has 0 bridgehead atoms. The fourth-order valence-electron chi connectivity index (χ4n) is 2.23. The number of aromatic nitrogens is 4. The molecule has 0 radical (unpaired) electrons. The average molecular weight is 210 g/mol. The van der Waals surface area contributed by atoms with E-state index in [1.165, 1.54) is 0 Å². The first kappa shape index (κ1) is 10.1. The van der Waals surface area contributed by atoms with Gasteiger partial charge in [0.2, 0.25) is 0 Å². The Morgan fingerprint density at radius 2 is 2.33 bits per heavy atom. The summed E-state index contributed by atoms with van der Waals surface area (Å²) in [6.07, 6.45) is 3.35. The van der Waals surface area contributed by atoms with Crippen LogP contribution in [0, 0.1) is 5.92 Å². The number of carboxylic acid groups (broad SMARTS) is 1. The van der Waals surface area contributed by atoms with Crippen LogP contribution in [-0.2, 0) is 11.8 Å². The van der Waals surface area contributed by atoms with E-state index in [1.54, 1.807) is 11.7 Å². The first-order valence-corrected chi connectivity index (χ1v) is 5.13. The van der Waals surface area contributed by atoms with Crippen molar-refractivity contribution in [2.24, 2.45) is 13.0 Å². The first-order chi connectivity index (χ1) is 7.18. The number of aliphatic carboxylic acids is 1. The lowest BCUT2D eigenvalue weighted by molar-refractivity contribution is -0.143. The lowest BCUT2D eigenvalue weighted by Crippen LogP contribution is -2.23. The molecular weight excluding hydrogens is 196 g/mol. The molecule has 1 aliphatic carbocycles. The van der Waals surface area contributed by atoms with E-state index < -0.39 is 5.97 Å². The Hall–Kier alpha value is -1.46. The monoisotopic (exact) mass is 210 g/mol. The van der Waals surface area contributed by atoms with Gasteiger partial charge in [-0.15, -0.1) is 5.10 Å². The Morgan fingerprint density at radius 1 is 1.53 bits per heavy atom. The zero-order valence-corrected chi connectivity index (χ0v) is 8.63. The van der Waals surface area contributed by atoms with Crippen LogP contribution in [0.5, 0.6) is 0 Å². The zero-order chi connectivity index (χ0) is 10.8. The number of hydrogen-bond acceptors (Lipinski definition) is 4. The summed E-state index contributed by atoms with van der Waals surface area (Å²) in [5, 5.41) is 20.3. The van der Waals surface area contributed by atoms with Gasteiger partial charge in [-0.25, -0.2) is 4.68 Å². The van der Waals surface area contributed by atoms with Crippen molar-refractivity contribution in [1.29, 1.82) is 0 Å². The number of aryl methyl sites for hydroxylation is 1. The minimum absolute atomic E-state index is 0.194. The quantitative estimate of drug-likeness (QED) is 0.771. The summed E-state index contributed by atoms with van der Waals surface area (Å²) in [4.78, 5) is 10.9. The second-order valence-corrected chi connectivity index (χ2v) is 4.06. The summed E-state index contributed by atoms with van der Waals surface area (Å²) >= 11 is 0. The molecule has 0 aliphatic heterocycles. The molecule has 0 amide bonds. The third-order valence-electron chi connectivity index (χ3n) is 3.04. The Labute approximate surface area is 87.3 Å². The molecule has 0 spiro atoms. The Balaban J connectivity index is 2.11. The molecule has 2 atom stereocenters. The second kappa shape index (κ2) is 3.96. The molecule has 6 nitrogen and oxygen atoms in total. The summed E-state index contributed by atoms with van der Waals surface area (Å²) < 4.78 is 1.63. The van der Waals surface area contributed by atoms with Gasteiger partial charge in [-0.05, 0) is 29.7 Å². The summed E-state index contributed by atoms with van der Waals surface area (Å²) in [6.45, 7) is 0. The van der Waals surface area contributed by atoms with E-state index >= 15 is 0 Å². The van der Waals surface area contributed by atoms with Gasteiger partial charge in [-0.3, -0.25) is 4.79 Å². The summed E-state index contributed by atoms with van der Waals surface area (Å²) in [7, 11) is 1.79. The van der Waals surface area contributed by atoms with Crippen LogP contribution in [-0.4, -0.2) is 31.3 Å². The Kier molecular flexibility index (Phi) is 2.66. The standard InChI is InChI=1S/C9H14N4O2/c1-13-8(10-11-12-13)6-3-2-4-7(5-6)9(14)15/h6-7H,2-5H2,1H3,(H,14,15)/t6-,7+/m1/s1. The largest absolute Gasteiger partial charge is 0.481 e. The molecule has 0 aromatic carbocycles. The van der Waals surface area contributed by atoms with Crippen molar-refractivity contribution >= 4 is 5.97 Å². The SMILES string of the molecule is Cn1nnnc1[C@@H]1CCC[C@H](C(=O)O)C1. The second-order valence-electron chi connectivity index (χ2n) is 4.06. The molecule has 15 heavy (non-hydrogen) atoms. The van der Waals surface area contributed by atoms with Crippen molar-refractivity contribution in [3.63, 3.8) is 0 Å². The highest BCUT2D eigenvalue weighted by Gasteiger charge is 2.30. The minimum atomic E-state index is -0.699. The molecule has 0 unspecified atom stereocenters. The van der Waals surface area contributed by atoms with E-state index in [1.807, 2.05) is 0 Å². The van der Waals surface area contributed by atoms with Crippen molar-refractivity contribution in [1.82, 2.24) is 20.2 Å². The van der Waals surface area contributed by atoms with E-state index in [4.69, 9.17) is 5.11 Å². The predicted molar refractivity (Wildman–Crippen MR) is 51.1 cm³/mol. The molecule has 82 valence electrons. The van der Waals surface area contributed by atoms with Gasteiger partial charge in [0.15, 0.2) is 5.82 Å². The van der Waals surface area contributed by atoms with Gasteiger partial charge in [-0.2, -0.15) is 0 Å². The topological polar surface area (TPSA) is 80.9 Å². The van der Waals surface area contributed by atoms with Crippen LogP contribution in [0.25, 0.3) is 0 Å². The summed E-state index contributed by atoms with van der Waals surface area (Å²) in [6, 6.07) is 0.